The lowest BCUT2D eigenvalue weighted by atomic mass is 9.99. The van der Waals surface area contributed by atoms with Crippen LogP contribution in [0.15, 0.2) is 239 Å². The molecule has 20 rings (SSSR count). The molecule has 2 unspecified atom stereocenters. The summed E-state index contributed by atoms with van der Waals surface area (Å²) >= 11 is 15.4. The van der Waals surface area contributed by atoms with E-state index in [1.807, 2.05) is 18.2 Å². The van der Waals surface area contributed by atoms with Crippen LogP contribution in [-0.4, -0.2) is 0 Å². The van der Waals surface area contributed by atoms with E-state index < -0.39 is 12.1 Å². The van der Waals surface area contributed by atoms with Crippen molar-refractivity contribution >= 4 is 190 Å². The summed E-state index contributed by atoms with van der Waals surface area (Å²) in [6.45, 7) is 0. The first kappa shape index (κ1) is 44.4. The predicted molar refractivity (Wildman–Crippen MR) is 344 cm³/mol. The first-order chi connectivity index (χ1) is 40.4. The number of fused-ring (bicyclic) bond motifs is 10. The number of nitrogens with zero attached hydrogens (tertiary/aromatic N) is 4. The fourth-order valence-electron chi connectivity index (χ4n) is 14.6. The summed E-state index contributed by atoms with van der Waals surface area (Å²) in [5.41, 5.74) is 15.3. The van der Waals surface area contributed by atoms with Crippen molar-refractivity contribution in [2.45, 2.75) is 0 Å². The number of hydrogen-bond acceptors (Lipinski definition) is 10. The Morgan fingerprint density at radius 3 is 1.32 bits per heavy atom. The first-order valence-corrected chi connectivity index (χ1v) is 33.0. The van der Waals surface area contributed by atoms with Gasteiger partial charge in [0.05, 0.1) is 73.1 Å². The molecule has 0 amide bonds. The summed E-state index contributed by atoms with van der Waals surface area (Å²) in [7, 11) is 0. The van der Waals surface area contributed by atoms with Crippen LogP contribution in [0.25, 0.3) is 54.6 Å². The Kier molecular flexibility index (Phi) is 8.29. The van der Waals surface area contributed by atoms with E-state index in [4.69, 9.17) is 41.9 Å². The molecule has 12 aromatic carbocycles. The van der Waals surface area contributed by atoms with E-state index in [2.05, 4.69) is 232 Å². The van der Waals surface area contributed by atoms with Crippen LogP contribution >= 0.6 is 12.1 Å². The molecule has 0 saturated heterocycles. The van der Waals surface area contributed by atoms with E-state index in [1.54, 1.807) is 0 Å². The molecule has 384 valence electrons. The van der Waals surface area contributed by atoms with Crippen molar-refractivity contribution < 1.29 is 18.3 Å². The summed E-state index contributed by atoms with van der Waals surface area (Å²) in [5, 5.41) is 12.5. The zero-order chi connectivity index (χ0) is 53.5. The van der Waals surface area contributed by atoms with Gasteiger partial charge in [0, 0.05) is 65.7 Å². The highest BCUT2D eigenvalue weighted by atomic mass is 32.4. The van der Waals surface area contributed by atoms with Crippen LogP contribution in [0.4, 0.5) is 68.2 Å². The topological polar surface area (TPSA) is 57.7 Å². The van der Waals surface area contributed by atoms with E-state index in [9.17, 15) is 0 Å². The summed E-state index contributed by atoms with van der Waals surface area (Å²) < 4.78 is 28.6. The quantitative estimate of drug-likeness (QED) is 0.159. The molecule has 8 heterocycles. The molecule has 82 heavy (non-hydrogen) atoms. The molecule has 8 nitrogen and oxygen atoms in total. The van der Waals surface area contributed by atoms with Crippen molar-refractivity contribution in [1.29, 1.82) is 0 Å². The smallest absolute Gasteiger partial charge is 0.160 e. The fourth-order valence-corrected chi connectivity index (χ4v) is 24.9. The lowest BCUT2D eigenvalue weighted by Gasteiger charge is -2.50. The maximum absolute atomic E-state index is 7.72. The van der Waals surface area contributed by atoms with Crippen molar-refractivity contribution in [2.24, 2.45) is 0 Å². The number of rotatable bonds is 4. The lowest BCUT2D eigenvalue weighted by Crippen LogP contribution is -2.46. The van der Waals surface area contributed by atoms with Gasteiger partial charge in [-0.25, -0.2) is 0 Å². The number of ether oxygens (including phenoxy) is 2. The Morgan fingerprint density at radius 2 is 0.720 bits per heavy atom. The first-order valence-electron chi connectivity index (χ1n) is 27.4. The molecule has 12 heteroatoms. The van der Waals surface area contributed by atoms with Gasteiger partial charge in [0.15, 0.2) is 5.58 Å². The van der Waals surface area contributed by atoms with Crippen LogP contribution in [0.3, 0.4) is 0 Å². The zero-order valence-electron chi connectivity index (χ0n) is 43.1. The monoisotopic (exact) mass is 1120 g/mol. The Morgan fingerprint density at radius 1 is 0.268 bits per heavy atom. The second-order valence-corrected chi connectivity index (χ2v) is 30.2. The lowest BCUT2D eigenvalue weighted by molar-refractivity contribution is 0.488. The third-order valence-corrected chi connectivity index (χ3v) is 27.4. The van der Waals surface area contributed by atoms with Crippen molar-refractivity contribution in [3.63, 3.8) is 0 Å². The van der Waals surface area contributed by atoms with Gasteiger partial charge in [-0.3, -0.25) is 0 Å². The summed E-state index contributed by atoms with van der Waals surface area (Å²) in [5.74, 6) is 3.02. The maximum Gasteiger partial charge on any atom is 0.160 e. The van der Waals surface area contributed by atoms with Gasteiger partial charge >= 0.3 is 0 Å². The third-order valence-electron chi connectivity index (χ3n) is 17.7. The van der Waals surface area contributed by atoms with Gasteiger partial charge in [-0.15, -0.1) is 0 Å². The predicted octanol–water partition coefficient (Wildman–Crippen LogP) is 17.5. The third kappa shape index (κ3) is 5.23. The van der Waals surface area contributed by atoms with Crippen molar-refractivity contribution in [1.82, 2.24) is 0 Å². The van der Waals surface area contributed by atoms with Gasteiger partial charge in [-0.05, 0) is 121 Å². The van der Waals surface area contributed by atoms with Gasteiger partial charge in [-0.2, -0.15) is 0 Å². The molecular formula is C70H38N4O4P2S2. The Bertz CT molecular complexity index is 5410. The van der Waals surface area contributed by atoms with E-state index in [1.165, 1.54) is 0 Å². The molecule has 14 aromatic rings. The number of anilines is 12. The van der Waals surface area contributed by atoms with Crippen LogP contribution in [-0.2, 0) is 23.6 Å². The molecule has 6 aliphatic rings. The minimum atomic E-state index is -3.07. The minimum absolute atomic E-state index is 0.737. The standard InChI is InChI=1S/C70H38N4O4P2S2/c81-79-65-49-25-14-26-50(65)72(39-17-4-1-5-18-39)61-46-37-60-70-62(47(46)38-59(69(61)79)76-57-31-15-27-51(66(57)79)71(49)42-33-34-56-45(35-42)43-23-10-12-29-54(43)75-56)74(41-21-8-3-9-22-41)53-36-48-44-24-11-13-30-55(44)78-64(48)63-68(53)80(70,82)67-52(28-16-32-58(67)77-60)73(63)40-19-6-2-7-20-40/h1-38H. The molecule has 0 saturated carbocycles. The maximum atomic E-state index is 7.72. The second-order valence-electron chi connectivity index (χ2n) is 21.7. The average molecular weight is 1130 g/mol. The minimum Gasteiger partial charge on any atom is -0.456 e. The highest BCUT2D eigenvalue weighted by Crippen LogP contribution is 2.71. The van der Waals surface area contributed by atoms with E-state index in [0.29, 0.717) is 0 Å². The van der Waals surface area contributed by atoms with Crippen molar-refractivity contribution in [3.05, 3.63) is 231 Å². The van der Waals surface area contributed by atoms with Crippen molar-refractivity contribution in [3.8, 4) is 23.0 Å². The fraction of sp³-hybridized carbons (Fsp3) is 0. The SMILES string of the molecule is S=P12c3c4cccc3N(c3ccc5oc6ccccc6c5c3)c3cccc(c31)N(c1ccccc1)c1c2c(cc2c3c5c(cc12)Oc1cccc2c1P5(=S)c1c(cc5c(oc6ccccc65)c1N2c1ccccc1)N3c1ccccc1)O4. The van der Waals surface area contributed by atoms with Gasteiger partial charge in [-0.1, -0.05) is 133 Å². The normalized spacial score (nSPS) is 17.8. The molecule has 0 spiro atoms. The molecule has 0 aliphatic carbocycles. The van der Waals surface area contributed by atoms with E-state index in [0.717, 1.165) is 178 Å². The average Bonchev–Trinajstić information content (AvgIpc) is 0.928. The Balaban J connectivity index is 0.934. The highest BCUT2D eigenvalue weighted by molar-refractivity contribution is 8.27. The van der Waals surface area contributed by atoms with Gasteiger partial charge in [0.1, 0.15) is 45.4 Å². The van der Waals surface area contributed by atoms with Gasteiger partial charge < -0.3 is 37.9 Å². The molecule has 0 bridgehead atoms. The number of furan rings is 2. The molecule has 6 aliphatic heterocycles. The van der Waals surface area contributed by atoms with Gasteiger partial charge in [0.25, 0.3) is 0 Å². The second kappa shape index (κ2) is 15.3. The van der Waals surface area contributed by atoms with Crippen LogP contribution < -0.4 is 60.9 Å². The molecule has 0 N–H and O–H groups in total. The van der Waals surface area contributed by atoms with Crippen molar-refractivity contribution in [2.75, 3.05) is 19.6 Å². The van der Waals surface area contributed by atoms with Gasteiger partial charge in [0.2, 0.25) is 0 Å². The molecule has 2 atom stereocenters. The highest BCUT2D eigenvalue weighted by Gasteiger charge is 2.55. The van der Waals surface area contributed by atoms with Crippen LogP contribution in [0.1, 0.15) is 0 Å². The molecule has 2 aromatic heterocycles. The molecule has 0 radical (unpaired) electrons. The number of hydrogen-bond donors (Lipinski definition) is 0. The van der Waals surface area contributed by atoms with E-state index in [-0.39, 0.29) is 0 Å². The largest absolute Gasteiger partial charge is 0.456 e. The summed E-state index contributed by atoms with van der Waals surface area (Å²) in [6.07, 6.45) is 0. The van der Waals surface area contributed by atoms with Crippen LogP contribution in [0.2, 0.25) is 0 Å². The Labute approximate surface area is 478 Å². The summed E-state index contributed by atoms with van der Waals surface area (Å²) in [4.78, 5) is 9.68. The van der Waals surface area contributed by atoms with Crippen LogP contribution in [0, 0.1) is 0 Å². The summed E-state index contributed by atoms with van der Waals surface area (Å²) in [6, 6.07) is 75.7. The molecule has 0 fully saturated rings. The number of para-hydroxylation sites is 5. The van der Waals surface area contributed by atoms with E-state index >= 15 is 0 Å². The number of benzene rings is 12. The van der Waals surface area contributed by atoms with Crippen LogP contribution in [0.5, 0.6) is 23.0 Å². The zero-order valence-corrected chi connectivity index (χ0v) is 46.5. The Hall–Kier alpha value is -9.40. The molecular weight excluding hydrogens is 1090 g/mol.